The number of guanidine groups is 1. The maximum absolute atomic E-state index is 11.7. The fourth-order valence-electron chi connectivity index (χ4n) is 2.63. The Morgan fingerprint density at radius 1 is 1.38 bits per heavy atom. The maximum Gasteiger partial charge on any atom is 0.409 e. The second-order valence-electron chi connectivity index (χ2n) is 5.63. The second kappa shape index (κ2) is 9.79. The van der Waals surface area contributed by atoms with Gasteiger partial charge < -0.3 is 20.3 Å². The van der Waals surface area contributed by atoms with Crippen molar-refractivity contribution in [1.82, 2.24) is 25.3 Å². The minimum Gasteiger partial charge on any atom is -0.450 e. The smallest absolute Gasteiger partial charge is 0.409 e. The molecule has 0 atom stereocenters. The standard InChI is InChI=1S/C16H28N6O2/c1-3-17-15(18-9-13-22-10-5-8-19-22)20-14-6-11-21(12-7-14)16(23)24-4-2/h5,8,10,14H,3-4,6-7,9,11-13H2,1-2H3,(H2,17,18,20). The summed E-state index contributed by atoms with van der Waals surface area (Å²) >= 11 is 0. The third-order valence-corrected chi connectivity index (χ3v) is 3.86. The number of hydrogen-bond donors (Lipinski definition) is 2. The van der Waals surface area contributed by atoms with E-state index in [1.807, 2.05) is 30.8 Å². The zero-order chi connectivity index (χ0) is 17.2. The van der Waals surface area contributed by atoms with E-state index >= 15 is 0 Å². The van der Waals surface area contributed by atoms with Crippen LogP contribution in [0, 0.1) is 0 Å². The maximum atomic E-state index is 11.7. The third-order valence-electron chi connectivity index (χ3n) is 3.86. The van der Waals surface area contributed by atoms with Gasteiger partial charge >= 0.3 is 6.09 Å². The number of nitrogens with one attached hydrogen (secondary N) is 2. The highest BCUT2D eigenvalue weighted by atomic mass is 16.6. The largest absolute Gasteiger partial charge is 0.450 e. The predicted molar refractivity (Wildman–Crippen MR) is 93.0 cm³/mol. The van der Waals surface area contributed by atoms with E-state index in [0.29, 0.717) is 32.3 Å². The number of aromatic nitrogens is 2. The number of amides is 1. The first-order valence-corrected chi connectivity index (χ1v) is 8.67. The number of nitrogens with zero attached hydrogens (tertiary/aromatic N) is 4. The van der Waals surface area contributed by atoms with Gasteiger partial charge in [-0.25, -0.2) is 4.79 Å². The SMILES string of the molecule is CCNC(=NCCn1cccn1)NC1CCN(C(=O)OCC)CC1. The first kappa shape index (κ1) is 18.1. The Balaban J connectivity index is 1.77. The zero-order valence-electron chi connectivity index (χ0n) is 14.6. The minimum atomic E-state index is -0.212. The van der Waals surface area contributed by atoms with Crippen molar-refractivity contribution >= 4 is 12.1 Å². The number of rotatable bonds is 6. The molecule has 8 nitrogen and oxygen atoms in total. The number of carbonyl (C=O) groups excluding carboxylic acids is 1. The first-order chi connectivity index (χ1) is 11.7. The molecule has 24 heavy (non-hydrogen) atoms. The Labute approximate surface area is 143 Å². The van der Waals surface area contributed by atoms with Crippen LogP contribution in [0.25, 0.3) is 0 Å². The van der Waals surface area contributed by atoms with Crippen molar-refractivity contribution in [2.24, 2.45) is 4.99 Å². The molecule has 0 radical (unpaired) electrons. The second-order valence-corrected chi connectivity index (χ2v) is 5.63. The number of hydrogen-bond acceptors (Lipinski definition) is 4. The van der Waals surface area contributed by atoms with E-state index in [1.165, 1.54) is 0 Å². The summed E-state index contributed by atoms with van der Waals surface area (Å²) < 4.78 is 6.91. The van der Waals surface area contributed by atoms with Crippen molar-refractivity contribution in [3.05, 3.63) is 18.5 Å². The average Bonchev–Trinajstić information content (AvgIpc) is 3.09. The van der Waals surface area contributed by atoms with Crippen LogP contribution in [0.1, 0.15) is 26.7 Å². The van der Waals surface area contributed by atoms with Crippen LogP contribution in [0.3, 0.4) is 0 Å². The summed E-state index contributed by atoms with van der Waals surface area (Å²) in [6, 6.07) is 2.22. The Kier molecular flexibility index (Phi) is 7.38. The van der Waals surface area contributed by atoms with E-state index in [0.717, 1.165) is 31.9 Å². The number of carbonyl (C=O) groups is 1. The minimum absolute atomic E-state index is 0.212. The van der Waals surface area contributed by atoms with Gasteiger partial charge in [0.25, 0.3) is 0 Å². The quantitative estimate of drug-likeness (QED) is 0.599. The van der Waals surface area contributed by atoms with Crippen molar-refractivity contribution in [1.29, 1.82) is 0 Å². The van der Waals surface area contributed by atoms with E-state index in [9.17, 15) is 4.79 Å². The van der Waals surface area contributed by atoms with Crippen LogP contribution in [0.2, 0.25) is 0 Å². The molecule has 0 saturated carbocycles. The lowest BCUT2D eigenvalue weighted by molar-refractivity contribution is 0.0963. The van der Waals surface area contributed by atoms with Crippen LogP contribution < -0.4 is 10.6 Å². The lowest BCUT2D eigenvalue weighted by Crippen LogP contribution is -2.50. The molecule has 1 saturated heterocycles. The molecule has 134 valence electrons. The van der Waals surface area contributed by atoms with E-state index in [4.69, 9.17) is 4.74 Å². The van der Waals surface area contributed by atoms with E-state index < -0.39 is 0 Å². The number of ether oxygens (including phenoxy) is 1. The molecule has 2 rings (SSSR count). The Bertz CT molecular complexity index is 509. The molecule has 1 fully saturated rings. The van der Waals surface area contributed by atoms with Gasteiger partial charge in [0.15, 0.2) is 5.96 Å². The highest BCUT2D eigenvalue weighted by molar-refractivity contribution is 5.80. The van der Waals surface area contributed by atoms with Crippen molar-refractivity contribution in [2.45, 2.75) is 39.3 Å². The van der Waals surface area contributed by atoms with Gasteiger partial charge in [0.2, 0.25) is 0 Å². The number of likely N-dealkylation sites (tertiary alicyclic amines) is 1. The lowest BCUT2D eigenvalue weighted by Gasteiger charge is -2.32. The van der Waals surface area contributed by atoms with Gasteiger partial charge in [-0.15, -0.1) is 0 Å². The molecule has 8 heteroatoms. The molecule has 0 unspecified atom stereocenters. The fraction of sp³-hybridized carbons (Fsp3) is 0.688. The zero-order valence-corrected chi connectivity index (χ0v) is 14.6. The summed E-state index contributed by atoms with van der Waals surface area (Å²) in [6.07, 6.45) is 5.27. The van der Waals surface area contributed by atoms with E-state index in [2.05, 4.69) is 20.7 Å². The summed E-state index contributed by atoms with van der Waals surface area (Å²) in [4.78, 5) is 18.1. The summed E-state index contributed by atoms with van der Waals surface area (Å²) in [5.74, 6) is 0.819. The normalized spacial score (nSPS) is 16.1. The Hall–Kier alpha value is -2.25. The first-order valence-electron chi connectivity index (χ1n) is 8.67. The molecule has 0 bridgehead atoms. The molecular formula is C16H28N6O2. The molecule has 0 spiro atoms. The van der Waals surface area contributed by atoms with Crippen LogP contribution >= 0.6 is 0 Å². The van der Waals surface area contributed by atoms with Crippen LogP contribution in [0.4, 0.5) is 4.79 Å². The van der Waals surface area contributed by atoms with Crippen LogP contribution in [0.5, 0.6) is 0 Å². The monoisotopic (exact) mass is 336 g/mol. The molecule has 1 aliphatic rings. The Morgan fingerprint density at radius 3 is 2.79 bits per heavy atom. The van der Waals surface area contributed by atoms with Crippen molar-refractivity contribution in [3.63, 3.8) is 0 Å². The predicted octanol–water partition coefficient (Wildman–Crippen LogP) is 1.06. The van der Waals surface area contributed by atoms with Gasteiger partial charge in [-0.05, 0) is 32.8 Å². The van der Waals surface area contributed by atoms with Crippen LogP contribution in [-0.4, -0.2) is 65.6 Å². The van der Waals surface area contributed by atoms with E-state index in [1.54, 1.807) is 11.1 Å². The fourth-order valence-corrected chi connectivity index (χ4v) is 2.63. The Morgan fingerprint density at radius 2 is 2.17 bits per heavy atom. The topological polar surface area (TPSA) is 83.8 Å². The van der Waals surface area contributed by atoms with Crippen molar-refractivity contribution in [3.8, 4) is 0 Å². The molecule has 2 heterocycles. The van der Waals surface area contributed by atoms with Gasteiger partial charge in [-0.3, -0.25) is 9.67 Å². The molecule has 0 aliphatic carbocycles. The molecule has 1 aromatic heterocycles. The van der Waals surface area contributed by atoms with Crippen molar-refractivity contribution in [2.75, 3.05) is 32.8 Å². The molecule has 1 aliphatic heterocycles. The number of aliphatic imine (C=N–C) groups is 1. The summed E-state index contributed by atoms with van der Waals surface area (Å²) in [5.41, 5.74) is 0. The van der Waals surface area contributed by atoms with Crippen molar-refractivity contribution < 1.29 is 9.53 Å². The highest BCUT2D eigenvalue weighted by Crippen LogP contribution is 2.11. The number of piperidine rings is 1. The van der Waals surface area contributed by atoms with Gasteiger partial charge in [0.05, 0.1) is 19.7 Å². The summed E-state index contributed by atoms with van der Waals surface area (Å²) in [7, 11) is 0. The van der Waals surface area contributed by atoms with E-state index in [-0.39, 0.29) is 6.09 Å². The molecule has 1 amide bonds. The van der Waals surface area contributed by atoms with Gasteiger partial charge in [-0.1, -0.05) is 0 Å². The lowest BCUT2D eigenvalue weighted by atomic mass is 10.1. The highest BCUT2D eigenvalue weighted by Gasteiger charge is 2.23. The molecule has 0 aromatic carbocycles. The molecular weight excluding hydrogens is 308 g/mol. The third kappa shape index (κ3) is 5.75. The van der Waals surface area contributed by atoms with Gasteiger partial charge in [0, 0.05) is 38.1 Å². The van der Waals surface area contributed by atoms with Gasteiger partial charge in [0.1, 0.15) is 0 Å². The molecule has 1 aromatic rings. The summed E-state index contributed by atoms with van der Waals surface area (Å²) in [5, 5.41) is 10.9. The summed E-state index contributed by atoms with van der Waals surface area (Å²) in [6.45, 7) is 7.96. The average molecular weight is 336 g/mol. The van der Waals surface area contributed by atoms with Gasteiger partial charge in [-0.2, -0.15) is 5.10 Å². The molecule has 2 N–H and O–H groups in total. The van der Waals surface area contributed by atoms with Crippen LogP contribution in [-0.2, 0) is 11.3 Å². The van der Waals surface area contributed by atoms with Crippen LogP contribution in [0.15, 0.2) is 23.5 Å².